The van der Waals surface area contributed by atoms with E-state index in [2.05, 4.69) is 27.4 Å². The third-order valence-electron chi connectivity index (χ3n) is 5.47. The summed E-state index contributed by atoms with van der Waals surface area (Å²) in [6.45, 7) is 6.82. The van der Waals surface area contributed by atoms with Gasteiger partial charge in [-0.05, 0) is 31.9 Å². The van der Waals surface area contributed by atoms with Gasteiger partial charge in [-0.15, -0.1) is 24.0 Å². The normalized spacial score (nSPS) is 30.1. The number of halogens is 1. The lowest BCUT2D eigenvalue weighted by molar-refractivity contribution is 0.0767. The number of nitrogens with zero attached hydrogens (tertiary/aromatic N) is 3. The highest BCUT2D eigenvalue weighted by Gasteiger charge is 2.53. The van der Waals surface area contributed by atoms with Crippen molar-refractivity contribution in [1.29, 1.82) is 0 Å². The van der Waals surface area contributed by atoms with Crippen molar-refractivity contribution in [2.24, 2.45) is 16.8 Å². The van der Waals surface area contributed by atoms with Crippen LogP contribution in [0.25, 0.3) is 0 Å². The first-order valence-corrected chi connectivity index (χ1v) is 9.17. The van der Waals surface area contributed by atoms with E-state index >= 15 is 0 Å². The molecule has 0 amide bonds. The number of rotatable bonds is 5. The quantitative estimate of drug-likeness (QED) is 0.307. The lowest BCUT2D eigenvalue weighted by atomic mass is 9.82. The van der Waals surface area contributed by atoms with Crippen LogP contribution in [-0.2, 0) is 4.74 Å². The van der Waals surface area contributed by atoms with Gasteiger partial charge in [0, 0.05) is 56.1 Å². The van der Waals surface area contributed by atoms with Crippen LogP contribution < -0.4 is 10.6 Å². The molecule has 7 heteroatoms. The smallest absolute Gasteiger partial charge is 0.193 e. The second kappa shape index (κ2) is 8.53. The number of anilines is 1. The zero-order chi connectivity index (χ0) is 16.4. The van der Waals surface area contributed by atoms with Crippen LogP contribution in [0, 0.1) is 11.8 Å². The van der Waals surface area contributed by atoms with Crippen LogP contribution in [0.3, 0.4) is 0 Å². The standard InChI is InChI=1S/C18H27N5O.HI/c1-2-20-18(22-10-9-21-13-5-7-19-8-6-13)23-11-14-15(12-23)17-4-3-16(14)24-17;/h5-8,14-17H,2-4,9-12H2,1H3,(H,19,21)(H,20,22);1H. The van der Waals surface area contributed by atoms with Gasteiger partial charge in [0.2, 0.25) is 0 Å². The molecular weight excluding hydrogens is 429 g/mol. The van der Waals surface area contributed by atoms with Crippen LogP contribution in [0.4, 0.5) is 5.69 Å². The predicted molar refractivity (Wildman–Crippen MR) is 111 cm³/mol. The first kappa shape index (κ1) is 18.7. The van der Waals surface area contributed by atoms with E-state index in [0.717, 1.165) is 44.4 Å². The minimum absolute atomic E-state index is 0. The van der Waals surface area contributed by atoms with Gasteiger partial charge >= 0.3 is 0 Å². The molecule has 1 aromatic rings. The highest BCUT2D eigenvalue weighted by molar-refractivity contribution is 14.0. The molecule has 3 aliphatic rings. The number of hydrogen-bond donors (Lipinski definition) is 2. The van der Waals surface area contributed by atoms with E-state index < -0.39 is 0 Å². The largest absolute Gasteiger partial charge is 0.383 e. The van der Waals surface area contributed by atoms with Crippen molar-refractivity contribution in [2.45, 2.75) is 32.0 Å². The van der Waals surface area contributed by atoms with Gasteiger partial charge < -0.3 is 20.3 Å². The van der Waals surface area contributed by atoms with E-state index in [0.29, 0.717) is 24.0 Å². The number of ether oxygens (including phenoxy) is 1. The Balaban J connectivity index is 0.00000182. The summed E-state index contributed by atoms with van der Waals surface area (Å²) in [6, 6.07) is 3.96. The number of nitrogens with one attached hydrogen (secondary N) is 2. The monoisotopic (exact) mass is 457 g/mol. The molecule has 4 unspecified atom stereocenters. The van der Waals surface area contributed by atoms with Crippen LogP contribution in [-0.4, -0.2) is 60.8 Å². The van der Waals surface area contributed by atoms with Crippen molar-refractivity contribution in [3.8, 4) is 0 Å². The average molecular weight is 457 g/mol. The topological polar surface area (TPSA) is 61.8 Å². The maximum Gasteiger partial charge on any atom is 0.193 e. The van der Waals surface area contributed by atoms with Crippen molar-refractivity contribution in [3.05, 3.63) is 24.5 Å². The molecular formula is C18H28IN5O. The summed E-state index contributed by atoms with van der Waals surface area (Å²) in [6.07, 6.45) is 7.11. The molecule has 3 saturated heterocycles. The average Bonchev–Trinajstić information content (AvgIpc) is 3.31. The Morgan fingerprint density at radius 2 is 1.92 bits per heavy atom. The third kappa shape index (κ3) is 4.02. The van der Waals surface area contributed by atoms with Gasteiger partial charge in [0.15, 0.2) is 5.96 Å². The van der Waals surface area contributed by atoms with E-state index in [9.17, 15) is 0 Å². The molecule has 25 heavy (non-hydrogen) atoms. The van der Waals surface area contributed by atoms with Crippen molar-refractivity contribution in [3.63, 3.8) is 0 Å². The molecule has 4 atom stereocenters. The molecule has 138 valence electrons. The van der Waals surface area contributed by atoms with Crippen LogP contribution >= 0.6 is 24.0 Å². The van der Waals surface area contributed by atoms with Gasteiger partial charge in [0.1, 0.15) is 0 Å². The Labute approximate surface area is 166 Å². The van der Waals surface area contributed by atoms with Crippen molar-refractivity contribution in [1.82, 2.24) is 15.2 Å². The Hall–Kier alpha value is -1.09. The summed E-state index contributed by atoms with van der Waals surface area (Å²) < 4.78 is 6.07. The van der Waals surface area contributed by atoms with Gasteiger partial charge in [-0.2, -0.15) is 0 Å². The molecule has 0 radical (unpaired) electrons. The molecule has 2 bridgehead atoms. The van der Waals surface area contributed by atoms with Crippen molar-refractivity contribution >= 4 is 35.6 Å². The number of fused-ring (bicyclic) bond motifs is 5. The maximum atomic E-state index is 6.07. The third-order valence-corrected chi connectivity index (χ3v) is 5.47. The molecule has 3 aliphatic heterocycles. The Morgan fingerprint density at radius 1 is 1.24 bits per heavy atom. The highest BCUT2D eigenvalue weighted by Crippen LogP contribution is 2.47. The van der Waals surface area contributed by atoms with Gasteiger partial charge in [0.25, 0.3) is 0 Å². The summed E-state index contributed by atoms with van der Waals surface area (Å²) in [5.74, 6) is 2.48. The molecule has 6 nitrogen and oxygen atoms in total. The molecule has 0 saturated carbocycles. The van der Waals surface area contributed by atoms with Crippen molar-refractivity contribution < 1.29 is 4.74 Å². The number of hydrogen-bond acceptors (Lipinski definition) is 4. The molecule has 4 rings (SSSR count). The number of aromatic nitrogens is 1. The van der Waals surface area contributed by atoms with Gasteiger partial charge in [-0.3, -0.25) is 9.98 Å². The van der Waals surface area contributed by atoms with E-state index in [1.807, 2.05) is 12.1 Å². The highest BCUT2D eigenvalue weighted by atomic mass is 127. The predicted octanol–water partition coefficient (Wildman–Crippen LogP) is 2.19. The zero-order valence-corrected chi connectivity index (χ0v) is 17.1. The van der Waals surface area contributed by atoms with E-state index in [-0.39, 0.29) is 24.0 Å². The van der Waals surface area contributed by atoms with E-state index in [1.165, 1.54) is 12.8 Å². The second-order valence-corrected chi connectivity index (χ2v) is 6.92. The Morgan fingerprint density at radius 3 is 2.56 bits per heavy atom. The maximum absolute atomic E-state index is 6.07. The minimum Gasteiger partial charge on any atom is -0.383 e. The molecule has 0 aliphatic carbocycles. The van der Waals surface area contributed by atoms with E-state index in [4.69, 9.17) is 9.73 Å². The Bertz CT molecular complexity index is 566. The van der Waals surface area contributed by atoms with Gasteiger partial charge in [-0.1, -0.05) is 0 Å². The summed E-state index contributed by atoms with van der Waals surface area (Å²) >= 11 is 0. The van der Waals surface area contributed by atoms with Gasteiger partial charge in [0.05, 0.1) is 18.8 Å². The second-order valence-electron chi connectivity index (χ2n) is 6.92. The molecule has 3 fully saturated rings. The fraction of sp³-hybridized carbons (Fsp3) is 0.667. The fourth-order valence-electron chi connectivity index (χ4n) is 4.39. The fourth-order valence-corrected chi connectivity index (χ4v) is 4.39. The Kier molecular flexibility index (Phi) is 6.38. The first-order chi connectivity index (χ1) is 11.8. The summed E-state index contributed by atoms with van der Waals surface area (Å²) in [5.41, 5.74) is 1.09. The van der Waals surface area contributed by atoms with Crippen LogP contribution in [0.2, 0.25) is 0 Å². The van der Waals surface area contributed by atoms with Crippen LogP contribution in [0.15, 0.2) is 29.5 Å². The van der Waals surface area contributed by atoms with Crippen LogP contribution in [0.5, 0.6) is 0 Å². The SMILES string of the molecule is CCNC(=NCCNc1ccncc1)N1CC2C3CCC(O3)C2C1.I. The molecule has 0 aromatic carbocycles. The number of aliphatic imine (C=N–C) groups is 1. The van der Waals surface area contributed by atoms with Crippen molar-refractivity contribution in [2.75, 3.05) is 38.0 Å². The lowest BCUT2D eigenvalue weighted by Gasteiger charge is -2.23. The lowest BCUT2D eigenvalue weighted by Crippen LogP contribution is -2.41. The summed E-state index contributed by atoms with van der Waals surface area (Å²) in [4.78, 5) is 11.3. The van der Waals surface area contributed by atoms with Gasteiger partial charge in [-0.25, -0.2) is 0 Å². The molecule has 2 N–H and O–H groups in total. The van der Waals surface area contributed by atoms with Crippen LogP contribution in [0.1, 0.15) is 19.8 Å². The first-order valence-electron chi connectivity index (χ1n) is 9.17. The summed E-state index contributed by atoms with van der Waals surface area (Å²) in [7, 11) is 0. The van der Waals surface area contributed by atoms with E-state index in [1.54, 1.807) is 12.4 Å². The number of guanidine groups is 1. The minimum atomic E-state index is 0. The zero-order valence-electron chi connectivity index (χ0n) is 14.7. The number of likely N-dealkylation sites (tertiary alicyclic amines) is 1. The summed E-state index contributed by atoms with van der Waals surface area (Å²) in [5, 5.41) is 6.84. The molecule has 0 spiro atoms. The molecule has 1 aromatic heterocycles. The number of pyridine rings is 1. The molecule has 4 heterocycles.